The number of fused-ring (bicyclic) bond motifs is 1. The third-order valence-corrected chi connectivity index (χ3v) is 5.07. The van der Waals surface area contributed by atoms with Gasteiger partial charge in [0.25, 0.3) is 0 Å². The van der Waals surface area contributed by atoms with E-state index < -0.39 is 0 Å². The number of carbonyl (C=O) groups is 1. The molecule has 0 aliphatic heterocycles. The number of aromatic nitrogens is 1. The molecule has 0 fully saturated rings. The van der Waals surface area contributed by atoms with Crippen LogP contribution in [0.5, 0.6) is 0 Å². The van der Waals surface area contributed by atoms with Gasteiger partial charge in [-0.25, -0.2) is 0 Å². The predicted molar refractivity (Wildman–Crippen MR) is 127 cm³/mol. The Hall–Kier alpha value is -2.39. The van der Waals surface area contributed by atoms with Gasteiger partial charge in [0.05, 0.1) is 0 Å². The molecule has 0 saturated heterocycles. The molecular weight excluding hydrogens is 356 g/mol. The van der Waals surface area contributed by atoms with Gasteiger partial charge in [0.1, 0.15) is 0 Å². The molecule has 0 amide bonds. The van der Waals surface area contributed by atoms with Crippen LogP contribution in [-0.4, -0.2) is 35.9 Å². The van der Waals surface area contributed by atoms with Crippen molar-refractivity contribution in [2.75, 3.05) is 20.1 Å². The zero-order valence-electron chi connectivity index (χ0n) is 19.1. The molecule has 3 nitrogen and oxygen atoms in total. The summed E-state index contributed by atoms with van der Waals surface area (Å²) in [5.74, 6) is 0. The lowest BCUT2D eigenvalue weighted by Gasteiger charge is -2.13. The molecule has 29 heavy (non-hydrogen) atoms. The van der Waals surface area contributed by atoms with Crippen LogP contribution in [0.15, 0.2) is 54.7 Å². The van der Waals surface area contributed by atoms with Crippen LogP contribution in [0.4, 0.5) is 0 Å². The van der Waals surface area contributed by atoms with Crippen molar-refractivity contribution in [3.8, 4) is 0 Å². The molecule has 1 heterocycles. The Bertz CT molecular complexity index is 851. The fraction of sp³-hybridized carbons (Fsp3) is 0.423. The molecule has 0 radical (unpaired) electrons. The largest absolute Gasteiger partial charge is 0.347 e. The summed E-state index contributed by atoms with van der Waals surface area (Å²) in [5.41, 5.74) is 4.80. The van der Waals surface area contributed by atoms with E-state index in [2.05, 4.69) is 67.6 Å². The van der Waals surface area contributed by atoms with E-state index in [9.17, 15) is 4.79 Å². The average Bonchev–Trinajstić information content (AvgIpc) is 3.14. The summed E-state index contributed by atoms with van der Waals surface area (Å²) < 4.78 is 2.18. The van der Waals surface area contributed by atoms with Crippen molar-refractivity contribution in [2.24, 2.45) is 0 Å². The smallest absolute Gasteiger partial charge is 0.152 e. The number of carbonyl (C=O) groups excluding carboxylic acids is 1. The number of aryl methyl sites for hydroxylation is 3. The summed E-state index contributed by atoms with van der Waals surface area (Å²) in [6.07, 6.45) is 5.15. The van der Waals surface area contributed by atoms with E-state index in [4.69, 9.17) is 0 Å². The van der Waals surface area contributed by atoms with Gasteiger partial charge in [-0.15, -0.1) is 0 Å². The summed E-state index contributed by atoms with van der Waals surface area (Å²) in [7, 11) is 2.13. The van der Waals surface area contributed by atoms with E-state index in [1.807, 2.05) is 38.2 Å². The van der Waals surface area contributed by atoms with Gasteiger partial charge < -0.3 is 9.47 Å². The highest BCUT2D eigenvalue weighted by atomic mass is 16.1. The van der Waals surface area contributed by atoms with Crippen molar-refractivity contribution in [2.45, 2.75) is 54.0 Å². The summed E-state index contributed by atoms with van der Waals surface area (Å²) in [6.45, 7) is 13.6. The molecule has 0 spiro atoms. The van der Waals surface area contributed by atoms with E-state index in [0.29, 0.717) is 0 Å². The Morgan fingerprint density at radius 2 is 1.66 bits per heavy atom. The van der Waals surface area contributed by atoms with Crippen LogP contribution in [0.3, 0.4) is 0 Å². The highest BCUT2D eigenvalue weighted by Crippen LogP contribution is 2.20. The van der Waals surface area contributed by atoms with Crippen molar-refractivity contribution < 1.29 is 4.79 Å². The standard InChI is InChI=1S/C15H20N2O.C9H12.C2H6/c1-3-16(2)9-6-10-17-11-13(12-18)14-7-4-5-8-15(14)17;1-3-9-7-5-4-6-8(9)2;1-2/h4-5,7-8,11-12H,3,6,9-10H2,1-2H3;4-7H,3H2,1-2H3;1-2H3. The second-order valence-electron chi connectivity index (χ2n) is 6.94. The van der Waals surface area contributed by atoms with E-state index in [1.165, 1.54) is 11.1 Å². The maximum atomic E-state index is 11.0. The number of aldehydes is 1. The highest BCUT2D eigenvalue weighted by Gasteiger charge is 2.06. The Balaban J connectivity index is 0.000000321. The van der Waals surface area contributed by atoms with Crippen molar-refractivity contribution in [1.82, 2.24) is 9.47 Å². The highest BCUT2D eigenvalue weighted by molar-refractivity contribution is 5.97. The number of benzene rings is 2. The summed E-state index contributed by atoms with van der Waals surface area (Å²) in [4.78, 5) is 13.3. The number of hydrogen-bond donors (Lipinski definition) is 0. The zero-order valence-corrected chi connectivity index (χ0v) is 19.1. The Morgan fingerprint density at radius 1 is 1.00 bits per heavy atom. The molecule has 158 valence electrons. The molecule has 1 aromatic heterocycles. The monoisotopic (exact) mass is 394 g/mol. The minimum absolute atomic E-state index is 0.787. The van der Waals surface area contributed by atoms with Gasteiger partial charge in [0.15, 0.2) is 6.29 Å². The minimum atomic E-state index is 0.787. The normalized spacial score (nSPS) is 10.2. The van der Waals surface area contributed by atoms with Crippen molar-refractivity contribution in [3.05, 3.63) is 71.4 Å². The van der Waals surface area contributed by atoms with Gasteiger partial charge in [-0.1, -0.05) is 70.2 Å². The van der Waals surface area contributed by atoms with Crippen LogP contribution in [0.1, 0.15) is 55.6 Å². The second kappa shape index (κ2) is 13.7. The van der Waals surface area contributed by atoms with E-state index in [-0.39, 0.29) is 0 Å². The maximum absolute atomic E-state index is 11.0. The van der Waals surface area contributed by atoms with Gasteiger partial charge in [-0.3, -0.25) is 4.79 Å². The number of nitrogens with zero attached hydrogens (tertiary/aromatic N) is 2. The molecule has 3 aromatic rings. The van der Waals surface area contributed by atoms with Gasteiger partial charge in [-0.05, 0) is 57.1 Å². The SMILES string of the molecule is CC.CCN(C)CCCn1cc(C=O)c2ccccc21.CCc1ccccc1C. The molecule has 0 unspecified atom stereocenters. The lowest BCUT2D eigenvalue weighted by atomic mass is 10.1. The van der Waals surface area contributed by atoms with Crippen molar-refractivity contribution >= 4 is 17.2 Å². The molecule has 0 bridgehead atoms. The van der Waals surface area contributed by atoms with Crippen molar-refractivity contribution in [3.63, 3.8) is 0 Å². The Labute approximate surface area is 177 Å². The molecule has 0 aliphatic rings. The van der Waals surface area contributed by atoms with Gasteiger partial charge in [0, 0.05) is 29.2 Å². The third-order valence-electron chi connectivity index (χ3n) is 5.07. The van der Waals surface area contributed by atoms with E-state index in [1.54, 1.807) is 0 Å². The minimum Gasteiger partial charge on any atom is -0.347 e. The molecule has 2 aromatic carbocycles. The molecule has 3 heteroatoms. The fourth-order valence-corrected chi connectivity index (χ4v) is 3.23. The first kappa shape index (κ1) is 24.6. The average molecular weight is 395 g/mol. The molecule has 0 N–H and O–H groups in total. The first-order valence-corrected chi connectivity index (χ1v) is 10.9. The lowest BCUT2D eigenvalue weighted by molar-refractivity contribution is 0.112. The lowest BCUT2D eigenvalue weighted by Crippen LogP contribution is -2.19. The molecule has 0 saturated carbocycles. The quantitative estimate of drug-likeness (QED) is 0.434. The van der Waals surface area contributed by atoms with E-state index in [0.717, 1.165) is 55.2 Å². The predicted octanol–water partition coefficient (Wildman–Crippen LogP) is 6.38. The van der Waals surface area contributed by atoms with Crippen molar-refractivity contribution in [1.29, 1.82) is 0 Å². The van der Waals surface area contributed by atoms with Gasteiger partial charge >= 0.3 is 0 Å². The number of hydrogen-bond acceptors (Lipinski definition) is 2. The number of para-hydroxylation sites is 1. The Kier molecular flexibility index (Phi) is 11.7. The van der Waals surface area contributed by atoms with Crippen LogP contribution in [-0.2, 0) is 13.0 Å². The summed E-state index contributed by atoms with van der Waals surface area (Å²) in [5, 5.41) is 1.05. The molecular formula is C26H38N2O. The van der Waals surface area contributed by atoms with Crippen LogP contribution in [0, 0.1) is 6.92 Å². The topological polar surface area (TPSA) is 25.2 Å². The summed E-state index contributed by atoms with van der Waals surface area (Å²) >= 11 is 0. The number of rotatable bonds is 7. The van der Waals surface area contributed by atoms with Crippen LogP contribution < -0.4 is 0 Å². The van der Waals surface area contributed by atoms with Gasteiger partial charge in [-0.2, -0.15) is 0 Å². The first-order chi connectivity index (χ1) is 14.1. The van der Waals surface area contributed by atoms with Crippen LogP contribution >= 0.6 is 0 Å². The maximum Gasteiger partial charge on any atom is 0.152 e. The van der Waals surface area contributed by atoms with E-state index >= 15 is 0 Å². The zero-order chi connectivity index (χ0) is 21.6. The van der Waals surface area contributed by atoms with Gasteiger partial charge in [0.2, 0.25) is 0 Å². The van der Waals surface area contributed by atoms with Crippen LogP contribution in [0.2, 0.25) is 0 Å². The summed E-state index contributed by atoms with van der Waals surface area (Å²) in [6, 6.07) is 16.6. The Morgan fingerprint density at radius 3 is 2.24 bits per heavy atom. The molecule has 0 aliphatic carbocycles. The second-order valence-corrected chi connectivity index (χ2v) is 6.94. The molecule has 0 atom stereocenters. The van der Waals surface area contributed by atoms with Crippen LogP contribution in [0.25, 0.3) is 10.9 Å². The first-order valence-electron chi connectivity index (χ1n) is 10.9. The third kappa shape index (κ3) is 7.51. The fourth-order valence-electron chi connectivity index (χ4n) is 3.23. The molecule has 3 rings (SSSR count).